The zero-order chi connectivity index (χ0) is 14.5. The molecule has 1 aliphatic rings. The average Bonchev–Trinajstić information content (AvgIpc) is 2.40. The Morgan fingerprint density at radius 2 is 2.00 bits per heavy atom. The maximum absolute atomic E-state index is 6.02. The van der Waals surface area contributed by atoms with E-state index in [4.69, 9.17) is 19.3 Å². The van der Waals surface area contributed by atoms with E-state index in [0.717, 1.165) is 31.7 Å². The third kappa shape index (κ3) is 3.04. The maximum Gasteiger partial charge on any atom is 0.372 e. The number of nitrogens with two attached hydrogens (primary N) is 1. The molecule has 19 heavy (non-hydrogen) atoms. The Morgan fingerprint density at radius 1 is 1.37 bits per heavy atom. The van der Waals surface area contributed by atoms with Crippen LogP contribution in [0.1, 0.15) is 39.5 Å². The molecule has 3 atom stereocenters. The quantitative estimate of drug-likeness (QED) is 0.549. The summed E-state index contributed by atoms with van der Waals surface area (Å²) in [5, 5.41) is 3.10. The molecule has 0 amide bonds. The number of ether oxygens (including phenoxy) is 1. The van der Waals surface area contributed by atoms with Crippen LogP contribution < -0.4 is 11.1 Å². The topological polar surface area (TPSA) is 65.7 Å². The number of methoxy groups -OCH3 is 1. The van der Waals surface area contributed by atoms with Gasteiger partial charge in [0.2, 0.25) is 0 Å². The molecule has 0 aromatic carbocycles. The van der Waals surface area contributed by atoms with Crippen molar-refractivity contribution in [1.29, 1.82) is 0 Å². The fourth-order valence-corrected chi connectivity index (χ4v) is 7.61. The number of rotatable bonds is 7. The van der Waals surface area contributed by atoms with Crippen LogP contribution in [0.2, 0.25) is 6.04 Å². The standard InChI is InChI=1S/C13H30N2O3Si/c1-6-9-13(16-3)12(15-11(2)14)8-7-10-19(13,17-4)18-5/h11-12,15H,6-10,14H2,1-5H3. The van der Waals surface area contributed by atoms with Crippen LogP contribution in [0, 0.1) is 0 Å². The second-order valence-electron chi connectivity index (χ2n) is 5.40. The van der Waals surface area contributed by atoms with E-state index in [1.165, 1.54) is 0 Å². The van der Waals surface area contributed by atoms with Gasteiger partial charge in [0.1, 0.15) is 5.22 Å². The van der Waals surface area contributed by atoms with Crippen molar-refractivity contribution >= 4 is 8.56 Å². The second-order valence-corrected chi connectivity index (χ2v) is 9.07. The SMILES string of the molecule is CCCC1(OC)C(NC(C)N)CCC[Si]1(OC)OC. The summed E-state index contributed by atoms with van der Waals surface area (Å²) < 4.78 is 17.8. The first kappa shape index (κ1) is 17.1. The lowest BCUT2D eigenvalue weighted by atomic mass is 9.99. The van der Waals surface area contributed by atoms with E-state index in [0.29, 0.717) is 0 Å². The lowest BCUT2D eigenvalue weighted by Gasteiger charge is -2.52. The van der Waals surface area contributed by atoms with Gasteiger partial charge in [-0.1, -0.05) is 13.3 Å². The van der Waals surface area contributed by atoms with Crippen molar-refractivity contribution in [3.63, 3.8) is 0 Å². The average molecular weight is 290 g/mol. The highest BCUT2D eigenvalue weighted by Crippen LogP contribution is 2.43. The van der Waals surface area contributed by atoms with E-state index < -0.39 is 8.56 Å². The minimum absolute atomic E-state index is 0.0603. The van der Waals surface area contributed by atoms with Gasteiger partial charge in [-0.15, -0.1) is 0 Å². The molecule has 1 aliphatic heterocycles. The van der Waals surface area contributed by atoms with Crippen molar-refractivity contribution in [3.8, 4) is 0 Å². The molecule has 1 saturated heterocycles. The molecule has 0 aromatic heterocycles. The predicted octanol–water partition coefficient (Wildman–Crippen LogP) is 1.50. The van der Waals surface area contributed by atoms with Gasteiger partial charge in [-0.05, 0) is 32.2 Å². The zero-order valence-corrected chi connectivity index (χ0v) is 14.0. The molecule has 5 nitrogen and oxygen atoms in total. The Kier molecular flexibility index (Phi) is 6.42. The number of hydrogen-bond acceptors (Lipinski definition) is 5. The minimum Gasteiger partial charge on any atom is -0.396 e. The molecule has 0 aromatic rings. The summed E-state index contributed by atoms with van der Waals surface area (Å²) in [5.41, 5.74) is 5.93. The van der Waals surface area contributed by atoms with Crippen LogP contribution in [0.4, 0.5) is 0 Å². The molecule has 0 bridgehead atoms. The van der Waals surface area contributed by atoms with Gasteiger partial charge in [0.15, 0.2) is 0 Å². The highest BCUT2D eigenvalue weighted by atomic mass is 28.4. The largest absolute Gasteiger partial charge is 0.396 e. The van der Waals surface area contributed by atoms with Crippen molar-refractivity contribution in [2.45, 2.75) is 63.0 Å². The van der Waals surface area contributed by atoms with E-state index >= 15 is 0 Å². The third-order valence-corrected chi connectivity index (χ3v) is 8.74. The summed E-state index contributed by atoms with van der Waals surface area (Å²) in [6, 6.07) is 1.17. The molecule has 6 heteroatoms. The summed E-state index contributed by atoms with van der Waals surface area (Å²) in [7, 11) is 2.89. The first-order valence-corrected chi connectivity index (χ1v) is 9.21. The van der Waals surface area contributed by atoms with Crippen LogP contribution >= 0.6 is 0 Å². The predicted molar refractivity (Wildman–Crippen MR) is 79.0 cm³/mol. The van der Waals surface area contributed by atoms with Gasteiger partial charge in [-0.25, -0.2) is 0 Å². The molecule has 3 N–H and O–H groups in total. The molecule has 0 aliphatic carbocycles. The molecule has 0 radical (unpaired) electrons. The summed E-state index contributed by atoms with van der Waals surface area (Å²) >= 11 is 0. The Hall–Kier alpha value is 0.0169. The summed E-state index contributed by atoms with van der Waals surface area (Å²) in [5.74, 6) is 0. The van der Waals surface area contributed by atoms with Crippen molar-refractivity contribution in [2.75, 3.05) is 21.3 Å². The monoisotopic (exact) mass is 290 g/mol. The molecule has 0 spiro atoms. The molecule has 1 heterocycles. The summed E-state index contributed by atoms with van der Waals surface area (Å²) in [4.78, 5) is 0. The van der Waals surface area contributed by atoms with E-state index in [2.05, 4.69) is 12.2 Å². The molecule has 1 fully saturated rings. The highest BCUT2D eigenvalue weighted by molar-refractivity contribution is 6.71. The smallest absolute Gasteiger partial charge is 0.372 e. The molecule has 0 saturated carbocycles. The maximum atomic E-state index is 6.02. The van der Waals surface area contributed by atoms with Gasteiger partial charge in [-0.3, -0.25) is 5.32 Å². The van der Waals surface area contributed by atoms with Crippen LogP contribution in [0.3, 0.4) is 0 Å². The third-order valence-electron chi connectivity index (χ3n) is 4.32. The Morgan fingerprint density at radius 3 is 2.42 bits per heavy atom. The lowest BCUT2D eigenvalue weighted by Crippen LogP contribution is -2.74. The van der Waals surface area contributed by atoms with Crippen molar-refractivity contribution in [2.24, 2.45) is 5.73 Å². The van der Waals surface area contributed by atoms with Gasteiger partial charge in [-0.2, -0.15) is 0 Å². The fraction of sp³-hybridized carbons (Fsp3) is 1.00. The van der Waals surface area contributed by atoms with Crippen LogP contribution in [-0.4, -0.2) is 47.3 Å². The Bertz CT molecular complexity index is 275. The number of nitrogens with one attached hydrogen (secondary N) is 1. The molecule has 1 rings (SSSR count). The van der Waals surface area contributed by atoms with Crippen molar-refractivity contribution < 1.29 is 13.6 Å². The molecular formula is C13H30N2O3Si. The molecule has 114 valence electrons. The second kappa shape index (κ2) is 7.15. The van der Waals surface area contributed by atoms with Crippen molar-refractivity contribution in [3.05, 3.63) is 0 Å². The normalized spacial score (nSPS) is 32.2. The fourth-order valence-electron chi connectivity index (χ4n) is 3.55. The van der Waals surface area contributed by atoms with Crippen LogP contribution in [0.15, 0.2) is 0 Å². The number of hydrogen-bond donors (Lipinski definition) is 2. The van der Waals surface area contributed by atoms with Gasteiger partial charge >= 0.3 is 8.56 Å². The summed E-state index contributed by atoms with van der Waals surface area (Å²) in [6.45, 7) is 4.13. The van der Waals surface area contributed by atoms with E-state index in [9.17, 15) is 0 Å². The van der Waals surface area contributed by atoms with E-state index in [-0.39, 0.29) is 17.4 Å². The first-order valence-electron chi connectivity index (χ1n) is 7.19. The van der Waals surface area contributed by atoms with E-state index in [1.807, 2.05) is 6.92 Å². The summed E-state index contributed by atoms with van der Waals surface area (Å²) in [6.07, 6.45) is 4.05. The molecule has 3 unspecified atom stereocenters. The minimum atomic E-state index is -2.40. The lowest BCUT2D eigenvalue weighted by molar-refractivity contribution is -0.0393. The van der Waals surface area contributed by atoms with Crippen LogP contribution in [0.5, 0.6) is 0 Å². The Balaban J connectivity index is 3.15. The van der Waals surface area contributed by atoms with E-state index in [1.54, 1.807) is 21.3 Å². The first-order chi connectivity index (χ1) is 9.01. The van der Waals surface area contributed by atoms with Gasteiger partial charge in [0.25, 0.3) is 0 Å². The van der Waals surface area contributed by atoms with Gasteiger partial charge in [0.05, 0.1) is 6.17 Å². The van der Waals surface area contributed by atoms with Crippen LogP contribution in [-0.2, 0) is 13.6 Å². The van der Waals surface area contributed by atoms with Gasteiger partial charge in [0, 0.05) is 27.4 Å². The highest BCUT2D eigenvalue weighted by Gasteiger charge is 2.63. The Labute approximate surface area is 118 Å². The van der Waals surface area contributed by atoms with Crippen molar-refractivity contribution in [1.82, 2.24) is 5.32 Å². The van der Waals surface area contributed by atoms with Gasteiger partial charge < -0.3 is 19.3 Å². The van der Waals surface area contributed by atoms with Crippen LogP contribution in [0.25, 0.3) is 0 Å². The molecular weight excluding hydrogens is 260 g/mol. The zero-order valence-electron chi connectivity index (χ0n) is 13.0.